The number of hydrogen-bond donors (Lipinski definition) is 1. The standard InChI is InChI=1S/C21H25FN2O4S/c1-24(2)21(25)20-13-16(12-19(20)14-4-6-15(22)7-5-14)23-29(26,27)18-10-8-17(28-3)9-11-18/h4-11,16,19-20,23H,12-13H2,1-3H3/t16-,19+,20-/m0/s1. The molecule has 1 amide bonds. The minimum Gasteiger partial charge on any atom is -0.497 e. The average Bonchev–Trinajstić information content (AvgIpc) is 3.10. The molecule has 29 heavy (non-hydrogen) atoms. The van der Waals surface area contributed by atoms with Crippen LogP contribution in [0.1, 0.15) is 24.3 Å². The largest absolute Gasteiger partial charge is 0.497 e. The molecule has 3 atom stereocenters. The van der Waals surface area contributed by atoms with Crippen molar-refractivity contribution in [3.8, 4) is 5.75 Å². The lowest BCUT2D eigenvalue weighted by Gasteiger charge is -2.22. The van der Waals surface area contributed by atoms with Gasteiger partial charge in [0.05, 0.1) is 12.0 Å². The van der Waals surface area contributed by atoms with E-state index in [1.54, 1.807) is 38.4 Å². The van der Waals surface area contributed by atoms with Crippen LogP contribution in [0.4, 0.5) is 4.39 Å². The van der Waals surface area contributed by atoms with Crippen LogP contribution in [-0.2, 0) is 14.8 Å². The highest BCUT2D eigenvalue weighted by Gasteiger charge is 2.41. The number of carbonyl (C=O) groups excluding carboxylic acids is 1. The second-order valence-corrected chi connectivity index (χ2v) is 9.18. The Morgan fingerprint density at radius 1 is 1.07 bits per heavy atom. The van der Waals surface area contributed by atoms with Crippen molar-refractivity contribution in [2.45, 2.75) is 29.7 Å². The quantitative estimate of drug-likeness (QED) is 0.780. The predicted molar refractivity (Wildman–Crippen MR) is 108 cm³/mol. The van der Waals surface area contributed by atoms with Gasteiger partial charge in [-0.1, -0.05) is 12.1 Å². The fraction of sp³-hybridized carbons (Fsp3) is 0.381. The second kappa shape index (κ2) is 8.51. The summed E-state index contributed by atoms with van der Waals surface area (Å²) in [5, 5.41) is 0. The van der Waals surface area contributed by atoms with E-state index in [2.05, 4.69) is 4.72 Å². The third-order valence-corrected chi connectivity index (χ3v) is 6.85. The molecular weight excluding hydrogens is 395 g/mol. The van der Waals surface area contributed by atoms with Gasteiger partial charge in [-0.15, -0.1) is 0 Å². The van der Waals surface area contributed by atoms with Crippen molar-refractivity contribution in [1.29, 1.82) is 0 Å². The van der Waals surface area contributed by atoms with Crippen molar-refractivity contribution < 1.29 is 22.3 Å². The predicted octanol–water partition coefficient (Wildman–Crippen LogP) is 2.76. The lowest BCUT2D eigenvalue weighted by molar-refractivity contribution is -0.133. The fourth-order valence-electron chi connectivity index (χ4n) is 3.86. The van der Waals surface area contributed by atoms with Gasteiger partial charge in [0.2, 0.25) is 15.9 Å². The molecule has 1 aliphatic rings. The van der Waals surface area contributed by atoms with Gasteiger partial charge in [0, 0.05) is 26.1 Å². The van der Waals surface area contributed by atoms with Gasteiger partial charge in [-0.3, -0.25) is 4.79 Å². The Hall–Kier alpha value is -2.45. The third-order valence-electron chi connectivity index (χ3n) is 5.31. The van der Waals surface area contributed by atoms with E-state index in [0.717, 1.165) is 5.56 Å². The zero-order chi connectivity index (χ0) is 21.2. The smallest absolute Gasteiger partial charge is 0.240 e. The normalized spacial score (nSPS) is 21.7. The molecule has 1 N–H and O–H groups in total. The van der Waals surface area contributed by atoms with Gasteiger partial charge < -0.3 is 9.64 Å². The van der Waals surface area contributed by atoms with E-state index in [-0.39, 0.29) is 28.5 Å². The van der Waals surface area contributed by atoms with E-state index >= 15 is 0 Å². The molecule has 0 bridgehead atoms. The summed E-state index contributed by atoms with van der Waals surface area (Å²) in [5.74, 6) is -0.407. The number of amides is 1. The molecule has 0 radical (unpaired) electrons. The molecule has 0 spiro atoms. The number of ether oxygens (including phenoxy) is 1. The van der Waals surface area contributed by atoms with Crippen molar-refractivity contribution >= 4 is 15.9 Å². The summed E-state index contributed by atoms with van der Waals surface area (Å²) in [6.07, 6.45) is 0.847. The summed E-state index contributed by atoms with van der Waals surface area (Å²) in [4.78, 5) is 14.4. The van der Waals surface area contributed by atoms with Crippen LogP contribution in [0.5, 0.6) is 5.75 Å². The maximum absolute atomic E-state index is 13.3. The minimum atomic E-state index is -3.74. The Morgan fingerprint density at radius 3 is 2.24 bits per heavy atom. The molecule has 3 rings (SSSR count). The lowest BCUT2D eigenvalue weighted by Crippen LogP contribution is -2.34. The lowest BCUT2D eigenvalue weighted by atomic mass is 9.88. The zero-order valence-electron chi connectivity index (χ0n) is 16.6. The number of sulfonamides is 1. The molecule has 0 aliphatic heterocycles. The van der Waals surface area contributed by atoms with Crippen LogP contribution in [0.15, 0.2) is 53.4 Å². The molecule has 2 aromatic carbocycles. The van der Waals surface area contributed by atoms with Crippen LogP contribution in [0, 0.1) is 11.7 Å². The van der Waals surface area contributed by atoms with E-state index in [1.807, 2.05) is 0 Å². The second-order valence-electron chi connectivity index (χ2n) is 7.46. The Morgan fingerprint density at radius 2 is 1.69 bits per heavy atom. The van der Waals surface area contributed by atoms with Crippen LogP contribution in [0.25, 0.3) is 0 Å². The van der Waals surface area contributed by atoms with Gasteiger partial charge in [-0.25, -0.2) is 17.5 Å². The fourth-order valence-corrected chi connectivity index (χ4v) is 5.12. The first-order valence-corrected chi connectivity index (χ1v) is 10.8. The van der Waals surface area contributed by atoms with Gasteiger partial charge in [0.25, 0.3) is 0 Å². The number of nitrogens with zero attached hydrogens (tertiary/aromatic N) is 1. The monoisotopic (exact) mass is 420 g/mol. The molecular formula is C21H25FN2O4S. The molecule has 2 aromatic rings. The van der Waals surface area contributed by atoms with Crippen LogP contribution in [-0.4, -0.2) is 46.5 Å². The first kappa shape index (κ1) is 21.3. The van der Waals surface area contributed by atoms with E-state index < -0.39 is 16.1 Å². The first-order chi connectivity index (χ1) is 13.7. The summed E-state index contributed by atoms with van der Waals surface area (Å²) in [6.45, 7) is 0. The van der Waals surface area contributed by atoms with E-state index in [4.69, 9.17) is 4.74 Å². The van der Waals surface area contributed by atoms with Gasteiger partial charge in [0.1, 0.15) is 11.6 Å². The summed E-state index contributed by atoms with van der Waals surface area (Å²) in [7, 11) is 1.13. The van der Waals surface area contributed by atoms with Crippen molar-refractivity contribution in [1.82, 2.24) is 9.62 Å². The van der Waals surface area contributed by atoms with Gasteiger partial charge in [-0.05, 0) is 60.7 Å². The minimum absolute atomic E-state index is 0.0644. The van der Waals surface area contributed by atoms with Crippen LogP contribution in [0.3, 0.4) is 0 Å². The molecule has 6 nitrogen and oxygen atoms in total. The zero-order valence-corrected chi connectivity index (χ0v) is 17.4. The highest BCUT2D eigenvalue weighted by molar-refractivity contribution is 7.89. The van der Waals surface area contributed by atoms with Gasteiger partial charge >= 0.3 is 0 Å². The van der Waals surface area contributed by atoms with Crippen molar-refractivity contribution in [3.05, 3.63) is 59.9 Å². The Kier molecular flexibility index (Phi) is 6.24. The highest BCUT2D eigenvalue weighted by atomic mass is 32.2. The summed E-state index contributed by atoms with van der Waals surface area (Å²) in [5.41, 5.74) is 0.831. The van der Waals surface area contributed by atoms with Crippen molar-refractivity contribution in [3.63, 3.8) is 0 Å². The molecule has 156 valence electrons. The van der Waals surface area contributed by atoms with Crippen molar-refractivity contribution in [2.75, 3.05) is 21.2 Å². The number of benzene rings is 2. The van der Waals surface area contributed by atoms with Crippen molar-refractivity contribution in [2.24, 2.45) is 5.92 Å². The van der Waals surface area contributed by atoms with Gasteiger partial charge in [0.15, 0.2) is 0 Å². The Bertz CT molecular complexity index is 959. The molecule has 0 aromatic heterocycles. The average molecular weight is 421 g/mol. The van der Waals surface area contributed by atoms with Crippen LogP contribution < -0.4 is 9.46 Å². The third kappa shape index (κ3) is 4.76. The number of hydrogen-bond acceptors (Lipinski definition) is 4. The molecule has 0 heterocycles. The highest BCUT2D eigenvalue weighted by Crippen LogP contribution is 2.41. The molecule has 0 saturated heterocycles. The van der Waals surface area contributed by atoms with E-state index in [0.29, 0.717) is 18.6 Å². The number of halogens is 1. The first-order valence-electron chi connectivity index (χ1n) is 9.34. The Labute approximate surface area is 170 Å². The van der Waals surface area contributed by atoms with Gasteiger partial charge in [-0.2, -0.15) is 0 Å². The molecule has 1 aliphatic carbocycles. The van der Waals surface area contributed by atoms with Crippen LogP contribution >= 0.6 is 0 Å². The molecule has 1 fully saturated rings. The SMILES string of the molecule is COc1ccc(S(=O)(=O)N[C@@H]2C[C@H](C(=O)N(C)C)[C@@H](c3ccc(F)cc3)C2)cc1. The summed E-state index contributed by atoms with van der Waals surface area (Å²) >= 11 is 0. The number of nitrogens with one attached hydrogen (secondary N) is 1. The number of rotatable bonds is 6. The molecule has 1 saturated carbocycles. The molecule has 8 heteroatoms. The topological polar surface area (TPSA) is 75.7 Å². The molecule has 0 unspecified atom stereocenters. The summed E-state index contributed by atoms with van der Waals surface area (Å²) in [6, 6.07) is 11.8. The van der Waals surface area contributed by atoms with E-state index in [1.165, 1.54) is 36.3 Å². The number of carbonyl (C=O) groups is 1. The number of methoxy groups -OCH3 is 1. The maximum atomic E-state index is 13.3. The van der Waals surface area contributed by atoms with Crippen LogP contribution in [0.2, 0.25) is 0 Å². The Balaban J connectivity index is 1.82. The summed E-state index contributed by atoms with van der Waals surface area (Å²) < 4.78 is 46.7. The maximum Gasteiger partial charge on any atom is 0.240 e. The van der Waals surface area contributed by atoms with E-state index in [9.17, 15) is 17.6 Å².